The molecule has 0 bridgehead atoms. The summed E-state index contributed by atoms with van der Waals surface area (Å²) in [7, 11) is 0. The molecule has 98 valence electrons. The second-order valence-electron chi connectivity index (χ2n) is 4.35. The molecule has 0 aromatic heterocycles. The molecule has 1 amide bonds. The number of rotatable bonds is 10. The number of carbonyl (C=O) groups is 1. The van der Waals surface area contributed by atoms with Crippen molar-refractivity contribution in [2.45, 2.75) is 57.9 Å². The summed E-state index contributed by atoms with van der Waals surface area (Å²) in [6, 6.07) is -0.262. The third-order valence-corrected chi connectivity index (χ3v) is 2.52. The Kier molecular flexibility index (Phi) is 10.7. The summed E-state index contributed by atoms with van der Waals surface area (Å²) in [5.41, 5.74) is 10.7. The van der Waals surface area contributed by atoms with Crippen LogP contribution >= 0.6 is 0 Å². The zero-order chi connectivity index (χ0) is 12.9. The van der Waals surface area contributed by atoms with Gasteiger partial charge in [-0.2, -0.15) is 0 Å². The fraction of sp³-hybridized carbons (Fsp3) is 0.643. The fourth-order valence-corrected chi connectivity index (χ4v) is 1.55. The van der Waals surface area contributed by atoms with Crippen LogP contribution in [0.5, 0.6) is 0 Å². The molecule has 3 heteroatoms. The Labute approximate surface area is 105 Å². The van der Waals surface area contributed by atoms with Crippen LogP contribution in [0.1, 0.15) is 51.9 Å². The maximum atomic E-state index is 10.6. The lowest BCUT2D eigenvalue weighted by atomic mass is 10.1. The highest BCUT2D eigenvalue weighted by atomic mass is 16.1. The van der Waals surface area contributed by atoms with Crippen molar-refractivity contribution in [1.29, 1.82) is 0 Å². The summed E-state index contributed by atoms with van der Waals surface area (Å²) < 4.78 is 0. The van der Waals surface area contributed by atoms with Gasteiger partial charge in [-0.3, -0.25) is 4.79 Å². The van der Waals surface area contributed by atoms with Crippen LogP contribution in [0.25, 0.3) is 0 Å². The predicted octanol–water partition coefficient (Wildman–Crippen LogP) is 2.66. The van der Waals surface area contributed by atoms with Gasteiger partial charge in [0.15, 0.2) is 0 Å². The average Bonchev–Trinajstić information content (AvgIpc) is 2.26. The minimum absolute atomic E-state index is 0.210. The van der Waals surface area contributed by atoms with E-state index in [1.807, 2.05) is 12.2 Å². The Balaban J connectivity index is 3.46. The van der Waals surface area contributed by atoms with Gasteiger partial charge in [-0.05, 0) is 12.8 Å². The van der Waals surface area contributed by atoms with E-state index in [9.17, 15) is 4.79 Å². The Bertz CT molecular complexity index is 247. The minimum atomic E-state index is -0.359. The van der Waals surface area contributed by atoms with Crippen LogP contribution in [-0.2, 0) is 4.79 Å². The van der Waals surface area contributed by atoms with E-state index in [4.69, 9.17) is 11.5 Å². The quantitative estimate of drug-likeness (QED) is 0.454. The van der Waals surface area contributed by atoms with Crippen molar-refractivity contribution in [3.8, 4) is 0 Å². The Morgan fingerprint density at radius 1 is 1.18 bits per heavy atom. The van der Waals surface area contributed by atoms with E-state index in [0.717, 1.165) is 6.42 Å². The van der Waals surface area contributed by atoms with Gasteiger partial charge in [-0.15, -0.1) is 0 Å². The molecule has 17 heavy (non-hydrogen) atoms. The first kappa shape index (κ1) is 15.9. The lowest BCUT2D eigenvalue weighted by Gasteiger charge is -2.00. The monoisotopic (exact) mass is 238 g/mol. The lowest BCUT2D eigenvalue weighted by Crippen LogP contribution is -2.25. The standard InChI is InChI=1S/C14H26N2O/c1-2-3-4-5-6-7-8-9-10-11-13(15)12-14(16)17/h8-11,13H,2-7,12,15H2,1H3,(H2,16,17)/b9-8+,11-10+. The Hall–Kier alpha value is -1.09. The van der Waals surface area contributed by atoms with Gasteiger partial charge in [-0.1, -0.05) is 56.9 Å². The molecule has 0 radical (unpaired) electrons. The first-order valence-electron chi connectivity index (χ1n) is 6.54. The first-order chi connectivity index (χ1) is 8.16. The van der Waals surface area contributed by atoms with Crippen molar-refractivity contribution in [3.05, 3.63) is 24.3 Å². The number of hydrogen-bond donors (Lipinski definition) is 2. The normalized spacial score (nSPS) is 13.5. The summed E-state index contributed by atoms with van der Waals surface area (Å²) >= 11 is 0. The molecule has 0 aromatic rings. The summed E-state index contributed by atoms with van der Waals surface area (Å²) in [4.78, 5) is 10.6. The summed E-state index contributed by atoms with van der Waals surface area (Å²) in [5.74, 6) is -0.359. The van der Waals surface area contributed by atoms with E-state index in [-0.39, 0.29) is 18.4 Å². The molecule has 4 N–H and O–H groups in total. The molecule has 0 saturated carbocycles. The molecule has 0 saturated heterocycles. The van der Waals surface area contributed by atoms with Crippen LogP contribution in [-0.4, -0.2) is 11.9 Å². The van der Waals surface area contributed by atoms with Crippen molar-refractivity contribution in [2.75, 3.05) is 0 Å². The topological polar surface area (TPSA) is 69.1 Å². The number of carbonyl (C=O) groups excluding carboxylic acids is 1. The van der Waals surface area contributed by atoms with Crippen LogP contribution in [0.2, 0.25) is 0 Å². The predicted molar refractivity (Wildman–Crippen MR) is 73.4 cm³/mol. The highest BCUT2D eigenvalue weighted by Crippen LogP contribution is 2.05. The average molecular weight is 238 g/mol. The SMILES string of the molecule is CCCCCCC/C=C/C=C/C(N)CC(N)=O. The van der Waals surface area contributed by atoms with E-state index < -0.39 is 0 Å². The van der Waals surface area contributed by atoms with Crippen molar-refractivity contribution >= 4 is 5.91 Å². The van der Waals surface area contributed by atoms with Gasteiger partial charge in [-0.25, -0.2) is 0 Å². The molecule has 0 aromatic carbocycles. The molecule has 0 aliphatic carbocycles. The van der Waals surface area contributed by atoms with E-state index in [1.165, 1.54) is 32.1 Å². The van der Waals surface area contributed by atoms with E-state index in [1.54, 1.807) is 6.08 Å². The number of amides is 1. The smallest absolute Gasteiger partial charge is 0.219 e. The van der Waals surface area contributed by atoms with Crippen LogP contribution in [0.15, 0.2) is 24.3 Å². The summed E-state index contributed by atoms with van der Waals surface area (Å²) in [6.45, 7) is 2.22. The third-order valence-electron chi connectivity index (χ3n) is 2.52. The maximum Gasteiger partial charge on any atom is 0.219 e. The molecule has 0 rings (SSSR count). The second kappa shape index (κ2) is 11.4. The molecule has 1 unspecified atom stereocenters. The maximum absolute atomic E-state index is 10.6. The summed E-state index contributed by atoms with van der Waals surface area (Å²) in [6.07, 6.45) is 15.7. The van der Waals surface area contributed by atoms with Crippen molar-refractivity contribution < 1.29 is 4.79 Å². The second-order valence-corrected chi connectivity index (χ2v) is 4.35. The Morgan fingerprint density at radius 2 is 1.88 bits per heavy atom. The lowest BCUT2D eigenvalue weighted by molar-refractivity contribution is -0.118. The van der Waals surface area contributed by atoms with Crippen LogP contribution in [0.4, 0.5) is 0 Å². The van der Waals surface area contributed by atoms with Crippen LogP contribution < -0.4 is 11.5 Å². The molecule has 3 nitrogen and oxygen atoms in total. The molecule has 0 heterocycles. The van der Waals surface area contributed by atoms with Gasteiger partial charge in [0.05, 0.1) is 0 Å². The highest BCUT2D eigenvalue weighted by molar-refractivity contribution is 5.74. The van der Waals surface area contributed by atoms with Crippen LogP contribution in [0, 0.1) is 0 Å². The zero-order valence-electron chi connectivity index (χ0n) is 10.9. The summed E-state index contributed by atoms with van der Waals surface area (Å²) in [5, 5.41) is 0. The molecule has 0 fully saturated rings. The van der Waals surface area contributed by atoms with Gasteiger partial charge >= 0.3 is 0 Å². The zero-order valence-corrected chi connectivity index (χ0v) is 10.9. The van der Waals surface area contributed by atoms with Crippen molar-refractivity contribution in [3.63, 3.8) is 0 Å². The van der Waals surface area contributed by atoms with Crippen LogP contribution in [0.3, 0.4) is 0 Å². The molecule has 0 aliphatic heterocycles. The van der Waals surface area contributed by atoms with Crippen molar-refractivity contribution in [2.24, 2.45) is 11.5 Å². The Morgan fingerprint density at radius 3 is 2.53 bits per heavy atom. The van der Waals surface area contributed by atoms with E-state index in [2.05, 4.69) is 13.0 Å². The van der Waals surface area contributed by atoms with E-state index in [0.29, 0.717) is 0 Å². The number of hydrogen-bond acceptors (Lipinski definition) is 2. The van der Waals surface area contributed by atoms with E-state index >= 15 is 0 Å². The van der Waals surface area contributed by atoms with Gasteiger partial charge in [0, 0.05) is 12.5 Å². The first-order valence-corrected chi connectivity index (χ1v) is 6.54. The number of unbranched alkanes of at least 4 members (excludes halogenated alkanes) is 5. The van der Waals surface area contributed by atoms with Crippen molar-refractivity contribution in [1.82, 2.24) is 0 Å². The molecule has 0 aliphatic rings. The van der Waals surface area contributed by atoms with Gasteiger partial charge in [0.25, 0.3) is 0 Å². The fourth-order valence-electron chi connectivity index (χ4n) is 1.55. The molecular formula is C14H26N2O. The molecule has 0 spiro atoms. The highest BCUT2D eigenvalue weighted by Gasteiger charge is 2.00. The number of primary amides is 1. The minimum Gasteiger partial charge on any atom is -0.370 e. The largest absolute Gasteiger partial charge is 0.370 e. The molecule has 1 atom stereocenters. The van der Waals surface area contributed by atoms with Gasteiger partial charge < -0.3 is 11.5 Å². The third kappa shape index (κ3) is 12.8. The van der Waals surface area contributed by atoms with Gasteiger partial charge in [0.1, 0.15) is 0 Å². The molecular weight excluding hydrogens is 212 g/mol. The number of allylic oxidation sites excluding steroid dienone is 3. The number of nitrogens with two attached hydrogens (primary N) is 2. The van der Waals surface area contributed by atoms with Gasteiger partial charge in [0.2, 0.25) is 5.91 Å².